The Labute approximate surface area is 195 Å². The number of halogens is 1. The fraction of sp³-hybridized carbons (Fsp3) is 0.318. The van der Waals surface area contributed by atoms with Crippen molar-refractivity contribution >= 4 is 35.0 Å². The summed E-state index contributed by atoms with van der Waals surface area (Å²) in [5, 5.41) is 8.39. The van der Waals surface area contributed by atoms with E-state index in [1.807, 2.05) is 41.3 Å². The Hall–Kier alpha value is -2.91. The monoisotopic (exact) mass is 473 g/mol. The SMILES string of the molecule is COc1ccc(-c2nc(SCC(=O)N3CCN(c4cccc(Cl)c4)CC3)n[nH]2)c(OC)c1. The molecule has 0 radical (unpaired) electrons. The summed E-state index contributed by atoms with van der Waals surface area (Å²) in [6.45, 7) is 2.90. The normalized spacial score (nSPS) is 13.8. The van der Waals surface area contributed by atoms with Crippen LogP contribution in [0.25, 0.3) is 11.4 Å². The lowest BCUT2D eigenvalue weighted by atomic mass is 10.2. The van der Waals surface area contributed by atoms with E-state index in [2.05, 4.69) is 20.1 Å². The van der Waals surface area contributed by atoms with Crippen LogP contribution >= 0.6 is 23.4 Å². The number of aromatic nitrogens is 3. The Balaban J connectivity index is 1.31. The molecule has 32 heavy (non-hydrogen) atoms. The lowest BCUT2D eigenvalue weighted by Crippen LogP contribution is -2.49. The Morgan fingerprint density at radius 3 is 2.66 bits per heavy atom. The predicted molar refractivity (Wildman–Crippen MR) is 126 cm³/mol. The van der Waals surface area contributed by atoms with Crippen molar-refractivity contribution in [1.29, 1.82) is 0 Å². The standard InChI is InChI=1S/C22H24ClN5O3S/c1-30-17-6-7-18(19(13-17)31-2)21-24-22(26-25-21)32-14-20(29)28-10-8-27(9-11-28)16-5-3-4-15(23)12-16/h3-7,12-13H,8-11,14H2,1-2H3,(H,24,25,26). The summed E-state index contributed by atoms with van der Waals surface area (Å²) < 4.78 is 10.7. The quantitative estimate of drug-likeness (QED) is 0.525. The maximum atomic E-state index is 12.7. The molecule has 2 heterocycles. The number of piperazine rings is 1. The van der Waals surface area contributed by atoms with Gasteiger partial charge in [0.25, 0.3) is 0 Å². The second kappa shape index (κ2) is 10.1. The van der Waals surface area contributed by atoms with Crippen LogP contribution in [0.4, 0.5) is 5.69 Å². The lowest BCUT2D eigenvalue weighted by molar-refractivity contribution is -0.128. The van der Waals surface area contributed by atoms with E-state index in [4.69, 9.17) is 21.1 Å². The number of methoxy groups -OCH3 is 2. The molecule has 3 aromatic rings. The highest BCUT2D eigenvalue weighted by atomic mass is 35.5. The number of hydrogen-bond acceptors (Lipinski definition) is 7. The third-order valence-electron chi connectivity index (χ3n) is 5.26. The highest BCUT2D eigenvalue weighted by Crippen LogP contribution is 2.32. The minimum Gasteiger partial charge on any atom is -0.497 e. The van der Waals surface area contributed by atoms with Crippen molar-refractivity contribution in [3.8, 4) is 22.9 Å². The second-order valence-corrected chi connectivity index (χ2v) is 8.55. The number of H-pyrrole nitrogens is 1. The van der Waals surface area contributed by atoms with Crippen molar-refractivity contribution < 1.29 is 14.3 Å². The number of carbonyl (C=O) groups is 1. The summed E-state index contributed by atoms with van der Waals surface area (Å²) in [5.41, 5.74) is 1.86. The highest BCUT2D eigenvalue weighted by Gasteiger charge is 2.22. The van der Waals surface area contributed by atoms with Gasteiger partial charge >= 0.3 is 0 Å². The number of rotatable bonds is 7. The van der Waals surface area contributed by atoms with Gasteiger partial charge in [0.2, 0.25) is 11.1 Å². The molecule has 4 rings (SSSR count). The summed E-state index contributed by atoms with van der Waals surface area (Å²) in [6.07, 6.45) is 0. The van der Waals surface area contributed by atoms with Crippen LogP contribution in [0.15, 0.2) is 47.6 Å². The number of benzene rings is 2. The van der Waals surface area contributed by atoms with Crippen LogP contribution in [0.5, 0.6) is 11.5 Å². The van der Waals surface area contributed by atoms with Gasteiger partial charge in [-0.3, -0.25) is 9.89 Å². The second-order valence-electron chi connectivity index (χ2n) is 7.17. The van der Waals surface area contributed by atoms with Crippen molar-refractivity contribution in [2.45, 2.75) is 5.16 Å². The molecule has 1 N–H and O–H groups in total. The van der Waals surface area contributed by atoms with Crippen LogP contribution in [0.1, 0.15) is 0 Å². The average Bonchev–Trinajstić information content (AvgIpc) is 3.31. The molecular weight excluding hydrogens is 450 g/mol. The number of thioether (sulfide) groups is 1. The molecule has 0 spiro atoms. The number of nitrogens with one attached hydrogen (secondary N) is 1. The van der Waals surface area contributed by atoms with Gasteiger partial charge in [-0.15, -0.1) is 5.10 Å². The minimum absolute atomic E-state index is 0.0779. The van der Waals surface area contributed by atoms with E-state index in [0.29, 0.717) is 35.6 Å². The summed E-state index contributed by atoms with van der Waals surface area (Å²) in [6, 6.07) is 13.3. The number of ether oxygens (including phenoxy) is 2. The van der Waals surface area contributed by atoms with Crippen LogP contribution in [-0.2, 0) is 4.79 Å². The molecule has 10 heteroatoms. The van der Waals surface area contributed by atoms with E-state index >= 15 is 0 Å². The topological polar surface area (TPSA) is 83.6 Å². The van der Waals surface area contributed by atoms with Crippen molar-refractivity contribution in [3.63, 3.8) is 0 Å². The first kappa shape index (κ1) is 22.3. The predicted octanol–water partition coefficient (Wildman–Crippen LogP) is 3.58. The van der Waals surface area contributed by atoms with Crippen LogP contribution in [0.2, 0.25) is 5.02 Å². The van der Waals surface area contributed by atoms with Gasteiger partial charge < -0.3 is 19.3 Å². The first-order chi connectivity index (χ1) is 15.6. The molecule has 2 aromatic carbocycles. The zero-order valence-corrected chi connectivity index (χ0v) is 19.4. The van der Waals surface area contributed by atoms with E-state index in [9.17, 15) is 4.79 Å². The molecule has 1 aliphatic heterocycles. The first-order valence-corrected chi connectivity index (χ1v) is 11.5. The molecule has 168 valence electrons. The van der Waals surface area contributed by atoms with E-state index in [1.54, 1.807) is 20.3 Å². The van der Waals surface area contributed by atoms with E-state index < -0.39 is 0 Å². The zero-order valence-electron chi connectivity index (χ0n) is 17.9. The molecule has 1 saturated heterocycles. The van der Waals surface area contributed by atoms with Crippen LogP contribution in [-0.4, -0.2) is 72.1 Å². The molecule has 1 aliphatic rings. The number of anilines is 1. The van der Waals surface area contributed by atoms with E-state index in [0.717, 1.165) is 29.4 Å². The fourth-order valence-corrected chi connectivity index (χ4v) is 4.42. The van der Waals surface area contributed by atoms with Crippen LogP contribution in [0, 0.1) is 0 Å². The third kappa shape index (κ3) is 5.11. The zero-order chi connectivity index (χ0) is 22.5. The third-order valence-corrected chi connectivity index (χ3v) is 6.33. The van der Waals surface area contributed by atoms with Gasteiger partial charge in [0.15, 0.2) is 5.82 Å². The summed E-state index contributed by atoms with van der Waals surface area (Å²) in [5.74, 6) is 2.27. The molecule has 0 unspecified atom stereocenters. The van der Waals surface area contributed by atoms with Gasteiger partial charge in [-0.1, -0.05) is 29.4 Å². The van der Waals surface area contributed by atoms with Crippen LogP contribution < -0.4 is 14.4 Å². The van der Waals surface area contributed by atoms with Gasteiger partial charge in [-0.2, -0.15) is 0 Å². The van der Waals surface area contributed by atoms with Gasteiger partial charge in [0.05, 0.1) is 25.5 Å². The van der Waals surface area contributed by atoms with Crippen molar-refractivity contribution in [1.82, 2.24) is 20.1 Å². The van der Waals surface area contributed by atoms with Crippen molar-refractivity contribution in [3.05, 3.63) is 47.5 Å². The Morgan fingerprint density at radius 1 is 1.12 bits per heavy atom. The molecule has 0 aliphatic carbocycles. The Morgan fingerprint density at radius 2 is 1.94 bits per heavy atom. The highest BCUT2D eigenvalue weighted by molar-refractivity contribution is 7.99. The molecular formula is C22H24ClN5O3S. The van der Waals surface area contributed by atoms with E-state index in [1.165, 1.54) is 11.8 Å². The van der Waals surface area contributed by atoms with Gasteiger partial charge in [0, 0.05) is 43.0 Å². The van der Waals surface area contributed by atoms with Gasteiger partial charge in [0.1, 0.15) is 11.5 Å². The number of carbonyl (C=O) groups excluding carboxylic acids is 1. The van der Waals surface area contributed by atoms with Crippen LogP contribution in [0.3, 0.4) is 0 Å². The smallest absolute Gasteiger partial charge is 0.233 e. The Kier molecular flexibility index (Phi) is 7.06. The minimum atomic E-state index is 0.0779. The molecule has 1 fully saturated rings. The number of hydrogen-bond donors (Lipinski definition) is 1. The molecule has 0 bridgehead atoms. The molecule has 1 aromatic heterocycles. The maximum absolute atomic E-state index is 12.7. The summed E-state index contributed by atoms with van der Waals surface area (Å²) >= 11 is 7.41. The summed E-state index contributed by atoms with van der Waals surface area (Å²) in [7, 11) is 3.20. The fourth-order valence-electron chi connectivity index (χ4n) is 3.53. The van der Waals surface area contributed by atoms with Crippen molar-refractivity contribution in [2.75, 3.05) is 51.1 Å². The van der Waals surface area contributed by atoms with E-state index in [-0.39, 0.29) is 11.7 Å². The Bertz CT molecular complexity index is 1080. The largest absolute Gasteiger partial charge is 0.497 e. The average molecular weight is 474 g/mol. The first-order valence-electron chi connectivity index (χ1n) is 10.1. The molecule has 0 saturated carbocycles. The number of nitrogens with zero attached hydrogens (tertiary/aromatic N) is 4. The lowest BCUT2D eigenvalue weighted by Gasteiger charge is -2.36. The van der Waals surface area contributed by atoms with Crippen molar-refractivity contribution in [2.24, 2.45) is 0 Å². The molecule has 1 amide bonds. The van der Waals surface area contributed by atoms with Gasteiger partial charge in [-0.05, 0) is 30.3 Å². The molecule has 0 atom stereocenters. The number of amides is 1. The molecule has 8 nitrogen and oxygen atoms in total. The van der Waals surface area contributed by atoms with Gasteiger partial charge in [-0.25, -0.2) is 4.98 Å². The maximum Gasteiger partial charge on any atom is 0.233 e. The number of aromatic amines is 1. The summed E-state index contributed by atoms with van der Waals surface area (Å²) in [4.78, 5) is 21.3.